The summed E-state index contributed by atoms with van der Waals surface area (Å²) in [6.07, 6.45) is 2.26. The summed E-state index contributed by atoms with van der Waals surface area (Å²) in [7, 11) is 3.31. The van der Waals surface area contributed by atoms with Gasteiger partial charge in [0.1, 0.15) is 23.7 Å². The molecule has 0 aromatic heterocycles. The molecule has 31 heavy (non-hydrogen) atoms. The van der Waals surface area contributed by atoms with Crippen LogP contribution in [0.1, 0.15) is 12.8 Å². The SMILES string of the molecule is COc1cc2c(cc1OC)N(CC1CCN(CCOc3ccc(F)cc3)CC1)C(N)S2. The van der Waals surface area contributed by atoms with Gasteiger partial charge in [-0.1, -0.05) is 11.8 Å². The fourth-order valence-corrected chi connectivity index (χ4v) is 5.25. The number of methoxy groups -OCH3 is 2. The number of fused-ring (bicyclic) bond motifs is 1. The van der Waals surface area contributed by atoms with Crippen molar-refractivity contribution in [3.8, 4) is 17.2 Å². The highest BCUT2D eigenvalue weighted by Crippen LogP contribution is 2.47. The lowest BCUT2D eigenvalue weighted by Crippen LogP contribution is -2.43. The minimum Gasteiger partial charge on any atom is -0.493 e. The standard InChI is InChI=1S/C23H30FN3O3S/c1-28-20-13-19-22(14-21(20)29-2)31-23(25)27(19)15-16-7-9-26(10-8-16)11-12-30-18-5-3-17(24)4-6-18/h3-6,13-14,16,23H,7-12,15,25H2,1-2H3. The molecule has 1 atom stereocenters. The molecule has 0 spiro atoms. The highest BCUT2D eigenvalue weighted by Gasteiger charge is 2.32. The van der Waals surface area contributed by atoms with Gasteiger partial charge < -0.3 is 24.8 Å². The summed E-state index contributed by atoms with van der Waals surface area (Å²) in [6.45, 7) is 4.53. The molecule has 0 aliphatic carbocycles. The van der Waals surface area contributed by atoms with Crippen molar-refractivity contribution in [2.45, 2.75) is 23.2 Å². The quantitative estimate of drug-likeness (QED) is 0.661. The number of thioether (sulfide) groups is 1. The average Bonchev–Trinajstić information content (AvgIpc) is 3.09. The topological polar surface area (TPSA) is 60.2 Å². The lowest BCUT2D eigenvalue weighted by Gasteiger charge is -2.35. The number of piperidine rings is 1. The monoisotopic (exact) mass is 447 g/mol. The molecular weight excluding hydrogens is 417 g/mol. The Kier molecular flexibility index (Phi) is 7.09. The van der Waals surface area contributed by atoms with Gasteiger partial charge in [-0.2, -0.15) is 0 Å². The largest absolute Gasteiger partial charge is 0.493 e. The molecule has 8 heteroatoms. The van der Waals surface area contributed by atoms with Crippen LogP contribution in [0.25, 0.3) is 0 Å². The summed E-state index contributed by atoms with van der Waals surface area (Å²) >= 11 is 1.66. The summed E-state index contributed by atoms with van der Waals surface area (Å²) < 4.78 is 29.6. The van der Waals surface area contributed by atoms with Crippen LogP contribution < -0.4 is 24.8 Å². The Bertz CT molecular complexity index is 875. The second kappa shape index (κ2) is 9.97. The van der Waals surface area contributed by atoms with E-state index in [2.05, 4.69) is 9.80 Å². The third-order valence-corrected chi connectivity index (χ3v) is 7.06. The van der Waals surface area contributed by atoms with Crippen molar-refractivity contribution in [1.29, 1.82) is 0 Å². The van der Waals surface area contributed by atoms with Crippen molar-refractivity contribution >= 4 is 17.4 Å². The van der Waals surface area contributed by atoms with Crippen LogP contribution in [-0.4, -0.2) is 57.4 Å². The van der Waals surface area contributed by atoms with Gasteiger partial charge in [0.15, 0.2) is 11.5 Å². The maximum Gasteiger partial charge on any atom is 0.162 e. The maximum atomic E-state index is 13.0. The molecule has 1 saturated heterocycles. The molecule has 0 amide bonds. The number of ether oxygens (including phenoxy) is 3. The fraction of sp³-hybridized carbons (Fsp3) is 0.478. The van der Waals surface area contributed by atoms with Gasteiger partial charge in [0.05, 0.1) is 19.9 Å². The van der Waals surface area contributed by atoms with Crippen molar-refractivity contribution in [1.82, 2.24) is 4.90 Å². The molecule has 1 unspecified atom stereocenters. The number of hydrogen-bond acceptors (Lipinski definition) is 7. The highest BCUT2D eigenvalue weighted by molar-refractivity contribution is 8.00. The van der Waals surface area contributed by atoms with Crippen molar-refractivity contribution in [3.63, 3.8) is 0 Å². The van der Waals surface area contributed by atoms with Gasteiger partial charge in [-0.15, -0.1) is 0 Å². The van der Waals surface area contributed by atoms with Gasteiger partial charge in [0.2, 0.25) is 0 Å². The number of halogens is 1. The first-order valence-corrected chi connectivity index (χ1v) is 11.5. The van der Waals surface area contributed by atoms with Crippen molar-refractivity contribution < 1.29 is 18.6 Å². The fourth-order valence-electron chi connectivity index (χ4n) is 4.20. The van der Waals surface area contributed by atoms with Crippen molar-refractivity contribution in [3.05, 3.63) is 42.2 Å². The van der Waals surface area contributed by atoms with E-state index in [1.165, 1.54) is 12.1 Å². The first-order chi connectivity index (χ1) is 15.1. The third-order valence-electron chi connectivity index (χ3n) is 5.98. The predicted molar refractivity (Wildman–Crippen MR) is 122 cm³/mol. The minimum absolute atomic E-state index is 0.0889. The Morgan fingerprint density at radius 1 is 1.06 bits per heavy atom. The lowest BCUT2D eigenvalue weighted by molar-refractivity contribution is 0.156. The zero-order chi connectivity index (χ0) is 21.8. The number of hydrogen-bond donors (Lipinski definition) is 1. The lowest BCUT2D eigenvalue weighted by atomic mass is 9.96. The molecule has 2 aliphatic heterocycles. The van der Waals surface area contributed by atoms with E-state index in [0.29, 0.717) is 18.3 Å². The van der Waals surface area contributed by atoms with Crippen LogP contribution in [0.2, 0.25) is 0 Å². The number of likely N-dealkylation sites (tertiary alicyclic amines) is 1. The zero-order valence-electron chi connectivity index (χ0n) is 18.1. The van der Waals surface area contributed by atoms with E-state index < -0.39 is 0 Å². The van der Waals surface area contributed by atoms with Gasteiger partial charge >= 0.3 is 0 Å². The summed E-state index contributed by atoms with van der Waals surface area (Å²) in [5.74, 6) is 2.53. The summed E-state index contributed by atoms with van der Waals surface area (Å²) in [5.41, 5.74) is 7.48. The number of benzene rings is 2. The zero-order valence-corrected chi connectivity index (χ0v) is 18.9. The molecule has 6 nitrogen and oxygen atoms in total. The molecule has 0 bridgehead atoms. The number of rotatable bonds is 8. The molecule has 0 radical (unpaired) electrons. The average molecular weight is 448 g/mol. The van der Waals surface area contributed by atoms with E-state index in [1.54, 1.807) is 38.1 Å². The van der Waals surface area contributed by atoms with E-state index in [4.69, 9.17) is 19.9 Å². The smallest absolute Gasteiger partial charge is 0.162 e. The Labute approximate surface area is 187 Å². The highest BCUT2D eigenvalue weighted by atomic mass is 32.2. The second-order valence-electron chi connectivity index (χ2n) is 7.92. The predicted octanol–water partition coefficient (Wildman–Crippen LogP) is 3.79. The van der Waals surface area contributed by atoms with Gasteiger partial charge in [-0.3, -0.25) is 4.90 Å². The van der Waals surface area contributed by atoms with Crippen molar-refractivity contribution in [2.24, 2.45) is 11.7 Å². The molecule has 1 fully saturated rings. The Hall–Kier alpha value is -2.16. The normalized spacial score (nSPS) is 19.4. The Morgan fingerprint density at radius 2 is 1.74 bits per heavy atom. The first-order valence-electron chi connectivity index (χ1n) is 10.6. The van der Waals surface area contributed by atoms with Crippen LogP contribution in [-0.2, 0) is 0 Å². The molecule has 2 heterocycles. The van der Waals surface area contributed by atoms with Crippen LogP contribution in [0.3, 0.4) is 0 Å². The first kappa shape index (κ1) is 22.0. The molecule has 2 aliphatic rings. The molecule has 2 aromatic carbocycles. The van der Waals surface area contributed by atoms with E-state index >= 15 is 0 Å². The molecule has 2 aromatic rings. The maximum absolute atomic E-state index is 13.0. The van der Waals surface area contributed by atoms with Gasteiger partial charge in [0, 0.05) is 24.1 Å². The number of anilines is 1. The van der Waals surface area contributed by atoms with Crippen LogP contribution in [0.15, 0.2) is 41.3 Å². The van der Waals surface area contributed by atoms with Gasteiger partial charge in [-0.05, 0) is 62.2 Å². The van der Waals surface area contributed by atoms with Crippen LogP contribution in [0.5, 0.6) is 17.2 Å². The number of nitrogens with two attached hydrogens (primary N) is 1. The second-order valence-corrected chi connectivity index (χ2v) is 9.08. The van der Waals surface area contributed by atoms with Gasteiger partial charge in [0.25, 0.3) is 0 Å². The van der Waals surface area contributed by atoms with E-state index in [9.17, 15) is 4.39 Å². The van der Waals surface area contributed by atoms with Crippen molar-refractivity contribution in [2.75, 3.05) is 51.9 Å². The summed E-state index contributed by atoms with van der Waals surface area (Å²) in [6, 6.07) is 10.2. The molecule has 2 N–H and O–H groups in total. The summed E-state index contributed by atoms with van der Waals surface area (Å²) in [4.78, 5) is 5.86. The Balaban J connectivity index is 1.27. The van der Waals surface area contributed by atoms with Crippen LogP contribution in [0, 0.1) is 11.7 Å². The summed E-state index contributed by atoms with van der Waals surface area (Å²) in [5, 5.41) is 0. The third kappa shape index (κ3) is 5.19. The number of nitrogens with zero attached hydrogens (tertiary/aromatic N) is 2. The van der Waals surface area contributed by atoms with E-state index in [1.807, 2.05) is 12.1 Å². The molecule has 168 valence electrons. The van der Waals surface area contributed by atoms with E-state index in [0.717, 1.165) is 61.1 Å². The van der Waals surface area contributed by atoms with Crippen LogP contribution in [0.4, 0.5) is 10.1 Å². The minimum atomic E-state index is -0.245. The molecule has 4 rings (SSSR count). The molecular formula is C23H30FN3O3S. The van der Waals surface area contributed by atoms with E-state index in [-0.39, 0.29) is 11.3 Å². The Morgan fingerprint density at radius 3 is 2.42 bits per heavy atom. The van der Waals surface area contributed by atoms with Gasteiger partial charge in [-0.25, -0.2) is 4.39 Å². The van der Waals surface area contributed by atoms with Crippen LogP contribution >= 0.6 is 11.8 Å². The molecule has 0 saturated carbocycles.